The van der Waals surface area contributed by atoms with Crippen molar-refractivity contribution in [1.82, 2.24) is 15.0 Å². The fraction of sp³-hybridized carbons (Fsp3) is 0.136. The number of aromatic nitrogens is 3. The minimum absolute atomic E-state index is 0.175. The Morgan fingerprint density at radius 1 is 1.03 bits per heavy atom. The van der Waals surface area contributed by atoms with Gasteiger partial charge in [-0.1, -0.05) is 18.2 Å². The van der Waals surface area contributed by atoms with Crippen molar-refractivity contribution in [3.05, 3.63) is 77.1 Å². The minimum atomic E-state index is -4.53. The Balaban J connectivity index is 1.60. The number of fused-ring (bicyclic) bond motifs is 1. The highest BCUT2D eigenvalue weighted by molar-refractivity contribution is 6.06. The van der Waals surface area contributed by atoms with Gasteiger partial charge in [-0.2, -0.15) is 13.2 Å². The molecule has 0 aliphatic rings. The van der Waals surface area contributed by atoms with Gasteiger partial charge in [0.2, 0.25) is 0 Å². The van der Waals surface area contributed by atoms with Crippen molar-refractivity contribution in [2.45, 2.75) is 20.0 Å². The number of nitrogens with zero attached hydrogens (tertiary/aromatic N) is 2. The van der Waals surface area contributed by atoms with Crippen molar-refractivity contribution in [2.75, 3.05) is 5.32 Å². The van der Waals surface area contributed by atoms with Gasteiger partial charge < -0.3 is 10.3 Å². The SMILES string of the molecule is Cc1cccc(C)c1-c1nc2ccc(C(=O)Nc3ccc(C(F)(F)F)nc3)cc2[nH]1. The number of alkyl halides is 3. The molecule has 152 valence electrons. The average Bonchev–Trinajstić information content (AvgIpc) is 3.10. The molecule has 2 heterocycles. The monoisotopic (exact) mass is 410 g/mol. The van der Waals surface area contributed by atoms with Crippen LogP contribution >= 0.6 is 0 Å². The smallest absolute Gasteiger partial charge is 0.338 e. The predicted molar refractivity (Wildman–Crippen MR) is 108 cm³/mol. The number of imidazole rings is 1. The number of amides is 1. The molecule has 4 rings (SSSR count). The maximum atomic E-state index is 12.6. The standard InChI is InChI=1S/C22H17F3N4O/c1-12-4-3-5-13(2)19(12)20-28-16-8-6-14(10-17(16)29-20)21(30)27-15-7-9-18(26-11-15)22(23,24)25/h3-11H,1-2H3,(H,27,30)(H,28,29). The Labute approximate surface area is 170 Å². The minimum Gasteiger partial charge on any atom is -0.338 e. The molecule has 4 aromatic rings. The lowest BCUT2D eigenvalue weighted by atomic mass is 10.0. The maximum absolute atomic E-state index is 12.6. The zero-order valence-corrected chi connectivity index (χ0v) is 16.1. The molecule has 0 saturated heterocycles. The second kappa shape index (κ2) is 7.29. The molecule has 1 amide bonds. The van der Waals surface area contributed by atoms with Crippen LogP contribution in [0.1, 0.15) is 27.2 Å². The quantitative estimate of drug-likeness (QED) is 0.468. The summed E-state index contributed by atoms with van der Waals surface area (Å²) in [6.07, 6.45) is -3.55. The fourth-order valence-electron chi connectivity index (χ4n) is 3.30. The van der Waals surface area contributed by atoms with E-state index in [1.165, 1.54) is 6.07 Å². The van der Waals surface area contributed by atoms with Crippen LogP contribution in [0.5, 0.6) is 0 Å². The van der Waals surface area contributed by atoms with Gasteiger partial charge in [0.1, 0.15) is 11.5 Å². The number of aryl methyl sites for hydroxylation is 2. The normalized spacial score (nSPS) is 11.6. The van der Waals surface area contributed by atoms with Crippen molar-refractivity contribution in [1.29, 1.82) is 0 Å². The highest BCUT2D eigenvalue weighted by Crippen LogP contribution is 2.29. The zero-order chi connectivity index (χ0) is 21.5. The third-order valence-corrected chi connectivity index (χ3v) is 4.77. The number of nitrogens with one attached hydrogen (secondary N) is 2. The summed E-state index contributed by atoms with van der Waals surface area (Å²) >= 11 is 0. The Morgan fingerprint density at radius 2 is 1.77 bits per heavy atom. The second-order valence-electron chi connectivity index (χ2n) is 6.97. The van der Waals surface area contributed by atoms with Crippen LogP contribution in [0.15, 0.2) is 54.7 Å². The van der Waals surface area contributed by atoms with E-state index >= 15 is 0 Å². The fourth-order valence-corrected chi connectivity index (χ4v) is 3.30. The van der Waals surface area contributed by atoms with Gasteiger partial charge in [-0.25, -0.2) is 9.97 Å². The van der Waals surface area contributed by atoms with Crippen LogP contribution in [-0.2, 0) is 6.18 Å². The highest BCUT2D eigenvalue weighted by Gasteiger charge is 2.32. The van der Waals surface area contributed by atoms with Crippen molar-refractivity contribution in [3.63, 3.8) is 0 Å². The summed E-state index contributed by atoms with van der Waals surface area (Å²) in [4.78, 5) is 23.7. The summed E-state index contributed by atoms with van der Waals surface area (Å²) < 4.78 is 37.8. The first kappa shape index (κ1) is 19.6. The number of carbonyl (C=O) groups excluding carboxylic acids is 1. The van der Waals surface area contributed by atoms with Crippen molar-refractivity contribution in [3.8, 4) is 11.4 Å². The lowest BCUT2D eigenvalue weighted by molar-refractivity contribution is -0.141. The van der Waals surface area contributed by atoms with Gasteiger partial charge in [0, 0.05) is 11.1 Å². The van der Waals surface area contributed by atoms with Gasteiger partial charge in [0.05, 0.1) is 22.9 Å². The van der Waals surface area contributed by atoms with Crippen LogP contribution in [0.3, 0.4) is 0 Å². The third-order valence-electron chi connectivity index (χ3n) is 4.77. The summed E-state index contributed by atoms with van der Waals surface area (Å²) in [7, 11) is 0. The van der Waals surface area contributed by atoms with Gasteiger partial charge in [-0.3, -0.25) is 4.79 Å². The molecule has 0 fully saturated rings. The largest absolute Gasteiger partial charge is 0.433 e. The van der Waals surface area contributed by atoms with Crippen LogP contribution in [0.2, 0.25) is 0 Å². The molecule has 0 aliphatic heterocycles. The number of rotatable bonds is 3. The maximum Gasteiger partial charge on any atom is 0.433 e. The number of carbonyl (C=O) groups is 1. The molecule has 0 radical (unpaired) electrons. The molecule has 0 spiro atoms. The Bertz CT molecular complexity index is 1220. The summed E-state index contributed by atoms with van der Waals surface area (Å²) in [6.45, 7) is 4.01. The molecule has 2 N–H and O–H groups in total. The molecular formula is C22H17F3N4O. The molecule has 0 bridgehead atoms. The first-order valence-electron chi connectivity index (χ1n) is 9.13. The van der Waals surface area contributed by atoms with Gasteiger partial charge in [-0.05, 0) is 55.3 Å². The van der Waals surface area contributed by atoms with E-state index in [1.807, 2.05) is 32.0 Å². The highest BCUT2D eigenvalue weighted by atomic mass is 19.4. The van der Waals surface area contributed by atoms with E-state index in [9.17, 15) is 18.0 Å². The number of hydrogen-bond donors (Lipinski definition) is 2. The Morgan fingerprint density at radius 3 is 2.40 bits per heavy atom. The lowest BCUT2D eigenvalue weighted by Crippen LogP contribution is -2.13. The first-order chi connectivity index (χ1) is 14.2. The van der Waals surface area contributed by atoms with E-state index in [-0.39, 0.29) is 5.69 Å². The number of hydrogen-bond acceptors (Lipinski definition) is 3. The van der Waals surface area contributed by atoms with E-state index < -0.39 is 17.8 Å². The number of halogens is 3. The van der Waals surface area contributed by atoms with Crippen LogP contribution in [-0.4, -0.2) is 20.9 Å². The van der Waals surface area contributed by atoms with Crippen LogP contribution in [0, 0.1) is 13.8 Å². The molecule has 2 aromatic carbocycles. The second-order valence-corrected chi connectivity index (χ2v) is 6.97. The first-order valence-corrected chi connectivity index (χ1v) is 9.13. The van der Waals surface area contributed by atoms with E-state index in [0.29, 0.717) is 22.4 Å². The molecule has 0 unspecified atom stereocenters. The van der Waals surface area contributed by atoms with E-state index in [4.69, 9.17) is 0 Å². The Hall–Kier alpha value is -3.68. The van der Waals surface area contributed by atoms with Crippen LogP contribution in [0.4, 0.5) is 18.9 Å². The molecule has 30 heavy (non-hydrogen) atoms. The average molecular weight is 410 g/mol. The summed E-state index contributed by atoms with van der Waals surface area (Å²) in [6, 6.07) is 13.0. The molecule has 0 aliphatic carbocycles. The van der Waals surface area contributed by atoms with E-state index in [2.05, 4.69) is 20.3 Å². The summed E-state index contributed by atoms with van der Waals surface area (Å²) in [5.74, 6) is 0.256. The van der Waals surface area contributed by atoms with Gasteiger partial charge in [0.15, 0.2) is 0 Å². The molecule has 2 aromatic heterocycles. The molecule has 0 atom stereocenters. The van der Waals surface area contributed by atoms with Gasteiger partial charge >= 0.3 is 6.18 Å². The zero-order valence-electron chi connectivity index (χ0n) is 16.1. The Kier molecular flexibility index (Phi) is 4.77. The topological polar surface area (TPSA) is 70.7 Å². The van der Waals surface area contributed by atoms with Crippen molar-refractivity contribution < 1.29 is 18.0 Å². The predicted octanol–water partition coefficient (Wildman–Crippen LogP) is 5.51. The number of aromatic amines is 1. The molecule has 5 nitrogen and oxygen atoms in total. The van der Waals surface area contributed by atoms with Crippen molar-refractivity contribution >= 4 is 22.6 Å². The van der Waals surface area contributed by atoms with Gasteiger partial charge in [-0.15, -0.1) is 0 Å². The summed E-state index contributed by atoms with van der Waals surface area (Å²) in [5, 5.41) is 2.56. The van der Waals surface area contributed by atoms with Crippen molar-refractivity contribution in [2.24, 2.45) is 0 Å². The number of benzene rings is 2. The molecular weight excluding hydrogens is 393 g/mol. The number of anilines is 1. The van der Waals surface area contributed by atoms with Gasteiger partial charge in [0.25, 0.3) is 5.91 Å². The van der Waals surface area contributed by atoms with Crippen LogP contribution < -0.4 is 5.32 Å². The molecule has 0 saturated carbocycles. The lowest BCUT2D eigenvalue weighted by Gasteiger charge is -2.08. The number of H-pyrrole nitrogens is 1. The van der Waals surface area contributed by atoms with E-state index in [0.717, 1.165) is 29.0 Å². The van der Waals surface area contributed by atoms with E-state index in [1.54, 1.807) is 18.2 Å². The third kappa shape index (κ3) is 3.76. The molecule has 8 heteroatoms. The summed E-state index contributed by atoms with van der Waals surface area (Å²) in [5.41, 5.74) is 4.08. The van der Waals surface area contributed by atoms with Crippen LogP contribution in [0.25, 0.3) is 22.4 Å². The number of pyridine rings is 1.